The smallest absolute Gasteiger partial charge is 0.326 e. The molecule has 1 aliphatic rings. The molecule has 2 aromatic carbocycles. The number of imide groups is 1. The van der Waals surface area contributed by atoms with E-state index in [0.717, 1.165) is 10.4 Å². The molecule has 32 heavy (non-hydrogen) atoms. The normalized spacial score (nSPS) is 16.0. The number of hydrogen-bond donors (Lipinski definition) is 1. The van der Waals surface area contributed by atoms with Gasteiger partial charge in [0, 0.05) is 22.1 Å². The number of aryl methyl sites for hydroxylation is 1. The lowest BCUT2D eigenvalue weighted by molar-refractivity contribution is -0.124. The minimum Gasteiger partial charge on any atom is -0.326 e. The van der Waals surface area contributed by atoms with Crippen LogP contribution in [0.5, 0.6) is 0 Å². The van der Waals surface area contributed by atoms with Crippen molar-refractivity contribution in [2.24, 2.45) is 0 Å². The summed E-state index contributed by atoms with van der Waals surface area (Å²) in [6.45, 7) is 2.38. The van der Waals surface area contributed by atoms with Crippen molar-refractivity contribution in [3.63, 3.8) is 0 Å². The predicted molar refractivity (Wildman–Crippen MR) is 127 cm³/mol. The summed E-state index contributed by atoms with van der Waals surface area (Å²) < 4.78 is 0. The van der Waals surface area contributed by atoms with Crippen LogP contribution in [0.4, 0.5) is 16.2 Å². The Kier molecular flexibility index (Phi) is 6.58. The molecule has 0 spiro atoms. The molecule has 4 amide bonds. The van der Waals surface area contributed by atoms with Crippen molar-refractivity contribution < 1.29 is 14.4 Å². The molecule has 0 unspecified atom stereocenters. The number of amides is 4. The number of anilines is 2. The maximum absolute atomic E-state index is 13.3. The highest BCUT2D eigenvalue weighted by molar-refractivity contribution is 7.10. The van der Waals surface area contributed by atoms with Gasteiger partial charge in [-0.25, -0.2) is 9.69 Å². The fourth-order valence-corrected chi connectivity index (χ4v) is 4.73. The van der Waals surface area contributed by atoms with Crippen LogP contribution < -0.4 is 10.2 Å². The molecule has 1 saturated heterocycles. The quantitative estimate of drug-likeness (QED) is 0.490. The summed E-state index contributed by atoms with van der Waals surface area (Å²) in [6.07, 6.45) is 0.500. The van der Waals surface area contributed by atoms with Crippen molar-refractivity contribution in [2.45, 2.75) is 25.8 Å². The Balaban J connectivity index is 1.54. The Morgan fingerprint density at radius 1 is 1.06 bits per heavy atom. The molecule has 1 aromatic heterocycles. The van der Waals surface area contributed by atoms with E-state index in [4.69, 9.17) is 11.6 Å². The zero-order valence-corrected chi connectivity index (χ0v) is 19.0. The van der Waals surface area contributed by atoms with Gasteiger partial charge >= 0.3 is 6.03 Å². The molecule has 1 fully saturated rings. The van der Waals surface area contributed by atoms with Crippen molar-refractivity contribution in [1.29, 1.82) is 0 Å². The van der Waals surface area contributed by atoms with Crippen LogP contribution in [-0.4, -0.2) is 35.3 Å². The van der Waals surface area contributed by atoms with Crippen molar-refractivity contribution in [1.82, 2.24) is 4.90 Å². The highest BCUT2D eigenvalue weighted by Gasteiger charge is 2.46. The largest absolute Gasteiger partial charge is 0.332 e. The SMILES string of the molecule is Cc1ccsc1CCN1C(=O)N(c2ccccc2)C(=O)[C@H]1CC(=O)Nc1ccc(Cl)cc1. The molecular weight excluding hydrogens is 446 g/mol. The van der Waals surface area contributed by atoms with Crippen LogP contribution in [-0.2, 0) is 16.0 Å². The summed E-state index contributed by atoms with van der Waals surface area (Å²) in [6, 6.07) is 16.3. The Labute approximate surface area is 195 Å². The Morgan fingerprint density at radius 2 is 1.78 bits per heavy atom. The maximum Gasteiger partial charge on any atom is 0.332 e. The molecule has 0 aliphatic carbocycles. The second kappa shape index (κ2) is 9.54. The summed E-state index contributed by atoms with van der Waals surface area (Å²) in [5, 5.41) is 5.35. The molecule has 3 aromatic rings. The first kappa shape index (κ1) is 22.0. The van der Waals surface area contributed by atoms with E-state index >= 15 is 0 Å². The average molecular weight is 468 g/mol. The molecule has 164 valence electrons. The van der Waals surface area contributed by atoms with Crippen LogP contribution in [0.1, 0.15) is 16.9 Å². The van der Waals surface area contributed by atoms with E-state index in [1.165, 1.54) is 9.80 Å². The van der Waals surface area contributed by atoms with Crippen molar-refractivity contribution in [3.05, 3.63) is 81.5 Å². The van der Waals surface area contributed by atoms with Gasteiger partial charge in [0.1, 0.15) is 6.04 Å². The number of halogens is 1. The van der Waals surface area contributed by atoms with E-state index in [1.807, 2.05) is 24.4 Å². The molecule has 0 bridgehead atoms. The number of nitrogens with one attached hydrogen (secondary N) is 1. The fraction of sp³-hybridized carbons (Fsp3) is 0.208. The lowest BCUT2D eigenvalue weighted by Gasteiger charge is -2.21. The first-order valence-corrected chi connectivity index (χ1v) is 11.5. The van der Waals surface area contributed by atoms with Crippen LogP contribution in [0.3, 0.4) is 0 Å². The van der Waals surface area contributed by atoms with Gasteiger partial charge in [-0.15, -0.1) is 11.3 Å². The Morgan fingerprint density at radius 3 is 2.44 bits per heavy atom. The molecule has 6 nitrogen and oxygen atoms in total. The lowest BCUT2D eigenvalue weighted by Crippen LogP contribution is -2.39. The maximum atomic E-state index is 13.3. The number of carbonyl (C=O) groups excluding carboxylic acids is 3. The zero-order valence-electron chi connectivity index (χ0n) is 17.5. The van der Waals surface area contributed by atoms with Gasteiger partial charge in [0.25, 0.3) is 5.91 Å². The van der Waals surface area contributed by atoms with Crippen LogP contribution in [0.2, 0.25) is 5.02 Å². The third kappa shape index (κ3) is 4.69. The van der Waals surface area contributed by atoms with E-state index < -0.39 is 18.0 Å². The van der Waals surface area contributed by atoms with Gasteiger partial charge < -0.3 is 10.2 Å². The van der Waals surface area contributed by atoms with Gasteiger partial charge in [-0.2, -0.15) is 0 Å². The molecule has 2 heterocycles. The third-order valence-corrected chi connectivity index (χ3v) is 6.72. The number of para-hydroxylation sites is 1. The molecular formula is C24H22ClN3O3S. The predicted octanol–water partition coefficient (Wildman–Crippen LogP) is 5.12. The van der Waals surface area contributed by atoms with Crippen LogP contribution >= 0.6 is 22.9 Å². The van der Waals surface area contributed by atoms with Crippen LogP contribution in [0, 0.1) is 6.92 Å². The summed E-state index contributed by atoms with van der Waals surface area (Å²) in [5.41, 5.74) is 2.24. The highest BCUT2D eigenvalue weighted by atomic mass is 35.5. The summed E-state index contributed by atoms with van der Waals surface area (Å²) in [5.74, 6) is -0.735. The Hall–Kier alpha value is -3.16. The lowest BCUT2D eigenvalue weighted by atomic mass is 10.1. The third-order valence-electron chi connectivity index (χ3n) is 5.39. The van der Waals surface area contributed by atoms with Gasteiger partial charge in [0.2, 0.25) is 5.91 Å². The highest BCUT2D eigenvalue weighted by Crippen LogP contribution is 2.28. The minimum absolute atomic E-state index is 0.125. The first-order chi connectivity index (χ1) is 15.4. The number of rotatable bonds is 7. The fourth-order valence-electron chi connectivity index (χ4n) is 3.71. The van der Waals surface area contributed by atoms with E-state index in [-0.39, 0.29) is 12.3 Å². The van der Waals surface area contributed by atoms with Gasteiger partial charge in [-0.3, -0.25) is 9.59 Å². The summed E-state index contributed by atoms with van der Waals surface area (Å²) in [4.78, 5) is 43.1. The second-order valence-corrected chi connectivity index (χ2v) is 8.97. The van der Waals surface area contributed by atoms with Gasteiger partial charge in [0.05, 0.1) is 12.1 Å². The van der Waals surface area contributed by atoms with Crippen LogP contribution in [0.15, 0.2) is 66.0 Å². The number of urea groups is 1. The standard InChI is InChI=1S/C24H22ClN3O3S/c1-16-12-14-32-21(16)11-13-27-20(15-22(29)26-18-9-7-17(25)8-10-18)23(30)28(24(27)31)19-5-3-2-4-6-19/h2-10,12,14,20H,11,13,15H2,1H3,(H,26,29)/t20-/m1/s1. The zero-order chi connectivity index (χ0) is 22.7. The van der Waals surface area contributed by atoms with Crippen molar-refractivity contribution >= 4 is 52.2 Å². The number of hydrogen-bond acceptors (Lipinski definition) is 4. The van der Waals surface area contributed by atoms with Crippen molar-refractivity contribution in [3.8, 4) is 0 Å². The number of benzene rings is 2. The van der Waals surface area contributed by atoms with E-state index in [2.05, 4.69) is 5.32 Å². The minimum atomic E-state index is -0.865. The molecule has 1 atom stereocenters. The van der Waals surface area contributed by atoms with Gasteiger partial charge in [-0.1, -0.05) is 29.8 Å². The second-order valence-electron chi connectivity index (χ2n) is 7.54. The van der Waals surface area contributed by atoms with Gasteiger partial charge in [0.15, 0.2) is 0 Å². The molecule has 0 radical (unpaired) electrons. The molecule has 0 saturated carbocycles. The summed E-state index contributed by atoms with van der Waals surface area (Å²) >= 11 is 7.52. The topological polar surface area (TPSA) is 69.7 Å². The molecule has 8 heteroatoms. The van der Waals surface area contributed by atoms with Crippen molar-refractivity contribution in [2.75, 3.05) is 16.8 Å². The molecule has 4 rings (SSSR count). The molecule has 1 N–H and O–H groups in total. The van der Waals surface area contributed by atoms with E-state index in [1.54, 1.807) is 59.9 Å². The molecule has 1 aliphatic heterocycles. The monoisotopic (exact) mass is 467 g/mol. The van der Waals surface area contributed by atoms with Gasteiger partial charge in [-0.05, 0) is 66.8 Å². The first-order valence-electron chi connectivity index (χ1n) is 10.2. The Bertz CT molecular complexity index is 1130. The number of nitrogens with zero attached hydrogens (tertiary/aromatic N) is 2. The summed E-state index contributed by atoms with van der Waals surface area (Å²) in [7, 11) is 0. The number of thiophene rings is 1. The average Bonchev–Trinajstić information content (AvgIpc) is 3.29. The van der Waals surface area contributed by atoms with Crippen LogP contribution in [0.25, 0.3) is 0 Å². The van der Waals surface area contributed by atoms with E-state index in [9.17, 15) is 14.4 Å². The number of carbonyl (C=O) groups is 3. The van der Waals surface area contributed by atoms with E-state index in [0.29, 0.717) is 29.4 Å².